The summed E-state index contributed by atoms with van der Waals surface area (Å²) >= 11 is 0. The Morgan fingerprint density at radius 1 is 1.41 bits per heavy atom. The van der Waals surface area contributed by atoms with Crippen LogP contribution in [0.4, 0.5) is 0 Å². The number of primary amides is 1. The molecule has 2 unspecified atom stereocenters. The second kappa shape index (κ2) is 4.18. The number of piperazine rings is 1. The maximum atomic E-state index is 11.3. The summed E-state index contributed by atoms with van der Waals surface area (Å²) in [5.74, 6) is -0.281. The minimum Gasteiger partial charge on any atom is -0.366 e. The van der Waals surface area contributed by atoms with Gasteiger partial charge in [-0.2, -0.15) is 0 Å². The lowest BCUT2D eigenvalue weighted by molar-refractivity contribution is -0.114. The van der Waals surface area contributed by atoms with E-state index in [0.29, 0.717) is 12.5 Å². The van der Waals surface area contributed by atoms with Gasteiger partial charge in [-0.25, -0.2) is 0 Å². The van der Waals surface area contributed by atoms with Gasteiger partial charge in [0, 0.05) is 36.6 Å². The fourth-order valence-electron chi connectivity index (χ4n) is 3.08. The monoisotopic (exact) mass is 233 g/mol. The van der Waals surface area contributed by atoms with Crippen molar-refractivity contribution in [2.24, 2.45) is 5.73 Å². The van der Waals surface area contributed by atoms with Crippen molar-refractivity contribution in [1.29, 1.82) is 0 Å². The lowest BCUT2D eigenvalue weighted by atomic mass is 10.0. The fourth-order valence-corrected chi connectivity index (χ4v) is 3.08. The molecule has 4 nitrogen and oxygen atoms in total. The summed E-state index contributed by atoms with van der Waals surface area (Å²) in [7, 11) is 0. The van der Waals surface area contributed by atoms with Gasteiger partial charge in [-0.3, -0.25) is 9.69 Å². The van der Waals surface area contributed by atoms with Crippen LogP contribution in [0.3, 0.4) is 0 Å². The molecule has 92 valence electrons. The second-order valence-electron chi connectivity index (χ2n) is 5.21. The van der Waals surface area contributed by atoms with Crippen molar-refractivity contribution in [1.82, 2.24) is 9.80 Å². The van der Waals surface area contributed by atoms with Crippen LogP contribution in [0.2, 0.25) is 0 Å². The van der Waals surface area contributed by atoms with Gasteiger partial charge in [-0.05, 0) is 25.8 Å². The third-order valence-corrected chi connectivity index (χ3v) is 4.01. The molecular formula is C13H19N3O. The SMILES string of the molecule is NC(=O)C1=CN2C(=CC1)CN1CCCCC2C1. The van der Waals surface area contributed by atoms with Gasteiger partial charge in [-0.1, -0.05) is 12.5 Å². The number of fused-ring (bicyclic) bond motifs is 4. The molecule has 17 heavy (non-hydrogen) atoms. The van der Waals surface area contributed by atoms with Crippen molar-refractivity contribution in [2.75, 3.05) is 19.6 Å². The van der Waals surface area contributed by atoms with Gasteiger partial charge in [-0.15, -0.1) is 0 Å². The summed E-state index contributed by atoms with van der Waals surface area (Å²) in [5, 5.41) is 0. The van der Waals surface area contributed by atoms with Crippen LogP contribution in [-0.2, 0) is 4.79 Å². The zero-order valence-corrected chi connectivity index (χ0v) is 10.1. The number of hydrogen-bond acceptors (Lipinski definition) is 3. The third-order valence-electron chi connectivity index (χ3n) is 4.01. The molecule has 3 aliphatic rings. The second-order valence-corrected chi connectivity index (χ2v) is 5.21. The number of nitrogens with zero attached hydrogens (tertiary/aromatic N) is 2. The Kier molecular flexibility index (Phi) is 2.67. The van der Waals surface area contributed by atoms with Crippen LogP contribution in [0.15, 0.2) is 23.5 Å². The number of rotatable bonds is 1. The van der Waals surface area contributed by atoms with E-state index < -0.39 is 0 Å². The molecule has 1 amide bonds. The van der Waals surface area contributed by atoms with Crippen molar-refractivity contribution in [3.63, 3.8) is 0 Å². The van der Waals surface area contributed by atoms with E-state index in [1.54, 1.807) is 0 Å². The van der Waals surface area contributed by atoms with Crippen molar-refractivity contribution in [3.8, 4) is 0 Å². The van der Waals surface area contributed by atoms with Gasteiger partial charge in [0.2, 0.25) is 5.91 Å². The highest BCUT2D eigenvalue weighted by molar-refractivity contribution is 5.92. The quantitative estimate of drug-likeness (QED) is 0.729. The molecule has 4 heteroatoms. The summed E-state index contributed by atoms with van der Waals surface area (Å²) < 4.78 is 0. The highest BCUT2D eigenvalue weighted by atomic mass is 16.1. The van der Waals surface area contributed by atoms with E-state index in [0.717, 1.165) is 18.7 Å². The Balaban J connectivity index is 1.87. The lowest BCUT2D eigenvalue weighted by Crippen LogP contribution is -2.49. The zero-order chi connectivity index (χ0) is 11.8. The molecule has 0 aliphatic carbocycles. The van der Waals surface area contributed by atoms with Gasteiger partial charge >= 0.3 is 0 Å². The number of carbonyl (C=O) groups is 1. The van der Waals surface area contributed by atoms with Gasteiger partial charge in [0.05, 0.1) is 0 Å². The topological polar surface area (TPSA) is 49.6 Å². The van der Waals surface area contributed by atoms with E-state index in [9.17, 15) is 4.79 Å². The van der Waals surface area contributed by atoms with E-state index in [1.165, 1.54) is 31.5 Å². The van der Waals surface area contributed by atoms with E-state index in [1.807, 2.05) is 6.20 Å². The average Bonchev–Trinajstić information content (AvgIpc) is 2.51. The highest BCUT2D eigenvalue weighted by Gasteiger charge is 2.32. The Hall–Kier alpha value is -1.29. The summed E-state index contributed by atoms with van der Waals surface area (Å²) in [4.78, 5) is 16.1. The van der Waals surface area contributed by atoms with Crippen LogP contribution in [0.25, 0.3) is 0 Å². The molecule has 0 saturated carbocycles. The molecule has 0 aromatic heterocycles. The van der Waals surface area contributed by atoms with E-state index in [-0.39, 0.29) is 5.91 Å². The Morgan fingerprint density at radius 2 is 2.29 bits per heavy atom. The van der Waals surface area contributed by atoms with E-state index in [2.05, 4.69) is 15.9 Å². The summed E-state index contributed by atoms with van der Waals surface area (Å²) in [6.45, 7) is 3.37. The van der Waals surface area contributed by atoms with Crippen LogP contribution < -0.4 is 5.73 Å². The van der Waals surface area contributed by atoms with Gasteiger partial charge in [0.15, 0.2) is 0 Å². The Morgan fingerprint density at radius 3 is 3.12 bits per heavy atom. The number of nitrogens with two attached hydrogens (primary N) is 1. The van der Waals surface area contributed by atoms with Crippen molar-refractivity contribution < 1.29 is 4.79 Å². The maximum absolute atomic E-state index is 11.3. The number of hydrogen-bond donors (Lipinski definition) is 1. The first kappa shape index (κ1) is 10.8. The van der Waals surface area contributed by atoms with Gasteiger partial charge in [0.25, 0.3) is 0 Å². The predicted octanol–water partition coefficient (Wildman–Crippen LogP) is 0.813. The molecule has 3 rings (SSSR count). The minimum atomic E-state index is -0.281. The number of carbonyl (C=O) groups excluding carboxylic acids is 1. The predicted molar refractivity (Wildman–Crippen MR) is 65.9 cm³/mol. The van der Waals surface area contributed by atoms with Crippen LogP contribution in [0.1, 0.15) is 25.7 Å². The lowest BCUT2D eigenvalue weighted by Gasteiger charge is -2.43. The first-order chi connectivity index (χ1) is 8.24. The van der Waals surface area contributed by atoms with Crippen molar-refractivity contribution >= 4 is 5.91 Å². The molecule has 3 heterocycles. The van der Waals surface area contributed by atoms with Gasteiger partial charge in [0.1, 0.15) is 0 Å². The smallest absolute Gasteiger partial charge is 0.246 e. The summed E-state index contributed by atoms with van der Waals surface area (Å²) in [6.07, 6.45) is 8.66. The fraction of sp³-hybridized carbons (Fsp3) is 0.615. The van der Waals surface area contributed by atoms with Crippen molar-refractivity contribution in [3.05, 3.63) is 23.5 Å². The molecule has 2 saturated heterocycles. The highest BCUT2D eigenvalue weighted by Crippen LogP contribution is 2.30. The van der Waals surface area contributed by atoms with Crippen LogP contribution in [-0.4, -0.2) is 41.4 Å². The van der Waals surface area contributed by atoms with Crippen LogP contribution >= 0.6 is 0 Å². The van der Waals surface area contributed by atoms with E-state index in [4.69, 9.17) is 5.73 Å². The maximum Gasteiger partial charge on any atom is 0.246 e. The molecule has 2 N–H and O–H groups in total. The Labute approximate surface area is 102 Å². The number of allylic oxidation sites excluding steroid dienone is 1. The molecule has 0 aromatic carbocycles. The van der Waals surface area contributed by atoms with Crippen LogP contribution in [0, 0.1) is 0 Å². The molecule has 0 aromatic rings. The molecular weight excluding hydrogens is 214 g/mol. The first-order valence-corrected chi connectivity index (χ1v) is 6.44. The molecule has 0 spiro atoms. The molecule has 3 aliphatic heterocycles. The third kappa shape index (κ3) is 1.97. The van der Waals surface area contributed by atoms with E-state index >= 15 is 0 Å². The molecule has 2 bridgehead atoms. The molecule has 2 fully saturated rings. The summed E-state index contributed by atoms with van der Waals surface area (Å²) in [6, 6.07) is 0.534. The number of amides is 1. The normalized spacial score (nSPS) is 32.1. The van der Waals surface area contributed by atoms with Gasteiger partial charge < -0.3 is 10.6 Å². The molecule has 0 radical (unpaired) electrons. The summed E-state index contributed by atoms with van der Waals surface area (Å²) in [5.41, 5.74) is 7.47. The minimum absolute atomic E-state index is 0.281. The Bertz CT molecular complexity index is 399. The zero-order valence-electron chi connectivity index (χ0n) is 10.1. The van der Waals surface area contributed by atoms with Crippen molar-refractivity contribution in [2.45, 2.75) is 31.7 Å². The first-order valence-electron chi connectivity index (χ1n) is 6.44. The molecule has 2 atom stereocenters. The average molecular weight is 233 g/mol. The van der Waals surface area contributed by atoms with Crippen LogP contribution in [0.5, 0.6) is 0 Å². The standard InChI is InChI=1S/C13H19N3O/c14-13(17)10-4-5-12-9-15-6-2-1-3-11(8-15)16(12)7-10/h5,7,11H,1-4,6,8-9H2,(H2,14,17). The largest absolute Gasteiger partial charge is 0.366 e.